The molecular weight excluding hydrogens is 174 g/mol. The van der Waals surface area contributed by atoms with Crippen LogP contribution in [0, 0.1) is 0 Å². The molecule has 0 aliphatic carbocycles. The van der Waals surface area contributed by atoms with Crippen molar-refractivity contribution in [3.8, 4) is 0 Å². The molecule has 1 aromatic rings. The van der Waals surface area contributed by atoms with Crippen LogP contribution in [0.15, 0.2) is 47.5 Å². The average molecular weight is 187 g/mol. The van der Waals surface area contributed by atoms with Crippen molar-refractivity contribution in [2.24, 2.45) is 4.99 Å². The lowest BCUT2D eigenvalue weighted by Gasteiger charge is -2.03. The Hall–Kier alpha value is -1.57. The molecule has 0 aromatic heterocycles. The van der Waals surface area contributed by atoms with Gasteiger partial charge in [-0.2, -0.15) is 0 Å². The van der Waals surface area contributed by atoms with E-state index in [1.807, 2.05) is 37.3 Å². The van der Waals surface area contributed by atoms with Crippen LogP contribution in [0.4, 0.5) is 0 Å². The van der Waals surface area contributed by atoms with Crippen LogP contribution in [-0.4, -0.2) is 12.5 Å². The molecule has 0 radical (unpaired) electrons. The molecule has 72 valence electrons. The zero-order chi connectivity index (χ0) is 9.80. The van der Waals surface area contributed by atoms with Crippen LogP contribution in [0.1, 0.15) is 18.5 Å². The van der Waals surface area contributed by atoms with Crippen LogP contribution in [0.5, 0.6) is 0 Å². The lowest BCUT2D eigenvalue weighted by molar-refractivity contribution is 0.321. The Morgan fingerprint density at radius 2 is 2.14 bits per heavy atom. The maximum absolute atomic E-state index is 5.42. The van der Waals surface area contributed by atoms with Gasteiger partial charge in [-0.05, 0) is 18.6 Å². The molecule has 0 saturated heterocycles. The third kappa shape index (κ3) is 1.84. The second kappa shape index (κ2) is 4.09. The zero-order valence-corrected chi connectivity index (χ0v) is 8.18. The molecule has 1 heterocycles. The molecule has 2 nitrogen and oxygen atoms in total. The van der Waals surface area contributed by atoms with Gasteiger partial charge in [0.1, 0.15) is 12.6 Å². The summed E-state index contributed by atoms with van der Waals surface area (Å²) in [7, 11) is 0. The van der Waals surface area contributed by atoms with Gasteiger partial charge in [-0.25, -0.2) is 4.99 Å². The minimum Gasteiger partial charge on any atom is -0.475 e. The number of hydrogen-bond acceptors (Lipinski definition) is 2. The van der Waals surface area contributed by atoms with Gasteiger partial charge in [0.25, 0.3) is 0 Å². The second-order valence-corrected chi connectivity index (χ2v) is 3.20. The van der Waals surface area contributed by atoms with Gasteiger partial charge in [0.05, 0.1) is 0 Å². The Morgan fingerprint density at radius 1 is 1.36 bits per heavy atom. The highest BCUT2D eigenvalue weighted by Gasteiger charge is 2.17. The highest BCUT2D eigenvalue weighted by Crippen LogP contribution is 2.22. The molecule has 2 heteroatoms. The molecule has 0 unspecified atom stereocenters. The van der Waals surface area contributed by atoms with Gasteiger partial charge in [-0.1, -0.05) is 36.4 Å². The summed E-state index contributed by atoms with van der Waals surface area (Å²) in [5.74, 6) is 0.737. The first-order valence-electron chi connectivity index (χ1n) is 4.78. The molecule has 0 bridgehead atoms. The van der Waals surface area contributed by atoms with E-state index in [9.17, 15) is 0 Å². The molecule has 2 rings (SSSR count). The van der Waals surface area contributed by atoms with Crippen LogP contribution in [0.2, 0.25) is 0 Å². The fourth-order valence-corrected chi connectivity index (χ4v) is 1.47. The van der Waals surface area contributed by atoms with Gasteiger partial charge in [-0.3, -0.25) is 0 Å². The minimum atomic E-state index is 0.169. The van der Waals surface area contributed by atoms with E-state index in [-0.39, 0.29) is 6.04 Å². The molecule has 0 saturated carbocycles. The summed E-state index contributed by atoms with van der Waals surface area (Å²) in [6.45, 7) is 2.62. The van der Waals surface area contributed by atoms with E-state index in [0.717, 1.165) is 5.90 Å². The lowest BCUT2D eigenvalue weighted by Crippen LogP contribution is -1.97. The summed E-state index contributed by atoms with van der Waals surface area (Å²) < 4.78 is 5.42. The number of allylic oxidation sites excluding steroid dienone is 1. The van der Waals surface area contributed by atoms with Crippen molar-refractivity contribution in [3.63, 3.8) is 0 Å². The summed E-state index contributed by atoms with van der Waals surface area (Å²) in [5, 5.41) is 0. The highest BCUT2D eigenvalue weighted by atomic mass is 16.5. The van der Waals surface area contributed by atoms with Gasteiger partial charge in [0.2, 0.25) is 5.90 Å². The fourth-order valence-electron chi connectivity index (χ4n) is 1.47. The Morgan fingerprint density at radius 3 is 2.86 bits per heavy atom. The maximum Gasteiger partial charge on any atom is 0.209 e. The first-order chi connectivity index (χ1) is 6.90. The Balaban J connectivity index is 2.16. The Labute approximate surface area is 83.9 Å². The van der Waals surface area contributed by atoms with Crippen molar-refractivity contribution in [2.75, 3.05) is 6.61 Å². The minimum absolute atomic E-state index is 0.169. The molecule has 1 aromatic carbocycles. The Bertz CT molecular complexity index is 354. The van der Waals surface area contributed by atoms with Crippen LogP contribution in [0.25, 0.3) is 0 Å². The maximum atomic E-state index is 5.42. The van der Waals surface area contributed by atoms with Crippen molar-refractivity contribution >= 4 is 5.90 Å². The van der Waals surface area contributed by atoms with Crippen molar-refractivity contribution in [1.29, 1.82) is 0 Å². The summed E-state index contributed by atoms with van der Waals surface area (Å²) in [5.41, 5.74) is 1.21. The van der Waals surface area contributed by atoms with E-state index in [1.54, 1.807) is 0 Å². The van der Waals surface area contributed by atoms with Crippen molar-refractivity contribution in [1.82, 2.24) is 0 Å². The Kier molecular flexibility index (Phi) is 2.63. The predicted molar refractivity (Wildman–Crippen MR) is 57.4 cm³/mol. The van der Waals surface area contributed by atoms with Crippen molar-refractivity contribution in [2.45, 2.75) is 13.0 Å². The monoisotopic (exact) mass is 187 g/mol. The van der Waals surface area contributed by atoms with Gasteiger partial charge in [0.15, 0.2) is 0 Å². The van der Waals surface area contributed by atoms with Crippen molar-refractivity contribution in [3.05, 3.63) is 48.0 Å². The van der Waals surface area contributed by atoms with Crippen LogP contribution in [0.3, 0.4) is 0 Å². The van der Waals surface area contributed by atoms with Crippen molar-refractivity contribution < 1.29 is 4.74 Å². The van der Waals surface area contributed by atoms with E-state index in [2.05, 4.69) is 17.1 Å². The number of nitrogens with zero attached hydrogens (tertiary/aromatic N) is 1. The first-order valence-corrected chi connectivity index (χ1v) is 4.78. The average Bonchev–Trinajstić information content (AvgIpc) is 2.68. The van der Waals surface area contributed by atoms with Gasteiger partial charge < -0.3 is 4.74 Å². The smallest absolute Gasteiger partial charge is 0.209 e. The van der Waals surface area contributed by atoms with Gasteiger partial charge in [0, 0.05) is 0 Å². The van der Waals surface area contributed by atoms with E-state index in [1.165, 1.54) is 5.56 Å². The first kappa shape index (κ1) is 9.00. The summed E-state index contributed by atoms with van der Waals surface area (Å²) >= 11 is 0. The van der Waals surface area contributed by atoms with E-state index >= 15 is 0 Å². The molecule has 1 aliphatic rings. The summed E-state index contributed by atoms with van der Waals surface area (Å²) in [4.78, 5) is 4.46. The molecule has 0 amide bonds. The zero-order valence-electron chi connectivity index (χ0n) is 8.18. The lowest BCUT2D eigenvalue weighted by atomic mass is 10.1. The number of rotatable bonds is 2. The third-order valence-corrected chi connectivity index (χ3v) is 2.17. The predicted octanol–water partition coefficient (Wildman–Crippen LogP) is 2.73. The molecule has 1 aliphatic heterocycles. The molecule has 0 N–H and O–H groups in total. The largest absolute Gasteiger partial charge is 0.475 e. The van der Waals surface area contributed by atoms with E-state index in [0.29, 0.717) is 6.61 Å². The number of benzene rings is 1. The molecule has 0 fully saturated rings. The molecular formula is C12H13NO. The number of hydrogen-bond donors (Lipinski definition) is 0. The topological polar surface area (TPSA) is 21.6 Å². The molecule has 14 heavy (non-hydrogen) atoms. The molecule has 1 atom stereocenters. The highest BCUT2D eigenvalue weighted by molar-refractivity contribution is 5.88. The number of ether oxygens (including phenoxy) is 1. The quantitative estimate of drug-likeness (QED) is 0.697. The van der Waals surface area contributed by atoms with Crippen LogP contribution < -0.4 is 0 Å². The normalized spacial score (nSPS) is 20.9. The van der Waals surface area contributed by atoms with Crippen LogP contribution in [-0.2, 0) is 4.74 Å². The van der Waals surface area contributed by atoms with Gasteiger partial charge >= 0.3 is 0 Å². The summed E-state index contributed by atoms with van der Waals surface area (Å²) in [6, 6.07) is 10.4. The van der Waals surface area contributed by atoms with Gasteiger partial charge in [-0.15, -0.1) is 0 Å². The fraction of sp³-hybridized carbons (Fsp3) is 0.250. The standard InChI is InChI=1S/C12H13NO/c1-2-6-12-13-11(9-14-12)10-7-4-3-5-8-10/h2-8,11H,9H2,1H3/b6-2+/t11-/m0/s1. The second-order valence-electron chi connectivity index (χ2n) is 3.20. The SMILES string of the molecule is C/C=C/C1=N[C@H](c2ccccc2)CO1. The summed E-state index contributed by atoms with van der Waals surface area (Å²) in [6.07, 6.45) is 3.83. The molecule has 0 spiro atoms. The number of aliphatic imine (C=N–C) groups is 1. The van der Waals surface area contributed by atoms with Crippen LogP contribution >= 0.6 is 0 Å². The third-order valence-electron chi connectivity index (χ3n) is 2.17. The van der Waals surface area contributed by atoms with E-state index in [4.69, 9.17) is 4.74 Å². The van der Waals surface area contributed by atoms with E-state index < -0.39 is 0 Å².